The number of ether oxygens (including phenoxy) is 4. The van der Waals surface area contributed by atoms with Crippen molar-refractivity contribution in [3.8, 4) is 22.6 Å². The summed E-state index contributed by atoms with van der Waals surface area (Å²) in [6.07, 6.45) is 8.79. The Morgan fingerprint density at radius 1 is 0.403 bits per heavy atom. The minimum Gasteiger partial charge on any atom is -0.493 e. The van der Waals surface area contributed by atoms with Crippen molar-refractivity contribution in [1.29, 1.82) is 0 Å². The number of carboxylic acid groups (broad SMARTS) is 5. The largest absolute Gasteiger partial charge is 0.493 e. The van der Waals surface area contributed by atoms with E-state index in [1.54, 1.807) is 153 Å². The Morgan fingerprint density at radius 2 is 0.826 bits per heavy atom. The number of nitrogens with one attached hydrogen (secondary N) is 3. The maximum absolute atomic E-state index is 13.1. The number of para-hydroxylation sites is 1. The van der Waals surface area contributed by atoms with Gasteiger partial charge in [0.25, 0.3) is 0 Å². The molecule has 0 saturated carbocycles. The third-order valence-corrected chi connectivity index (χ3v) is 27.1. The van der Waals surface area contributed by atoms with Crippen molar-refractivity contribution in [2.75, 3.05) is 62.3 Å². The van der Waals surface area contributed by atoms with E-state index in [1.807, 2.05) is 54.6 Å². The summed E-state index contributed by atoms with van der Waals surface area (Å²) in [5.74, 6) is -4.00. The van der Waals surface area contributed by atoms with Crippen LogP contribution < -0.4 is 52.0 Å². The number of halogens is 8. The molecule has 1 atom stereocenters. The summed E-state index contributed by atoms with van der Waals surface area (Å²) >= 11 is 49.7. The van der Waals surface area contributed by atoms with E-state index in [-0.39, 0.29) is 105 Å². The number of carbonyl (C=O) groups is 5. The molecule has 8 heterocycles. The first-order valence-electron chi connectivity index (χ1n) is 43.8. The molecule has 20 rings (SSSR count). The monoisotopic (exact) mass is 2120 g/mol. The zero-order valence-electron chi connectivity index (χ0n) is 75.8. The van der Waals surface area contributed by atoms with E-state index >= 15 is 0 Å². The summed E-state index contributed by atoms with van der Waals surface area (Å²) < 4.78 is 55.1. The lowest BCUT2D eigenvalue weighted by Gasteiger charge is -2.23. The topological polar surface area (TPSA) is 429 Å². The number of fused-ring (bicyclic) bond motifs is 10. The summed E-state index contributed by atoms with van der Waals surface area (Å²) in [6, 6.07) is 59.8. The molecule has 0 spiro atoms. The molecule has 0 radical (unpaired) electrons. The number of methoxy groups -OCH3 is 2. The molecule has 0 amide bonds. The van der Waals surface area contributed by atoms with Gasteiger partial charge in [-0.3, -0.25) is 52.7 Å². The minimum absolute atomic E-state index is 0.0901. The molecule has 0 bridgehead atoms. The molecule has 8 N–H and O–H groups in total. The molecule has 2 aliphatic heterocycles. The number of sulfonamides is 1. The number of pyridine rings is 5. The van der Waals surface area contributed by atoms with Crippen molar-refractivity contribution in [1.82, 2.24) is 32.8 Å². The number of benzene rings is 12. The van der Waals surface area contributed by atoms with Gasteiger partial charge >= 0.3 is 29.8 Å². The van der Waals surface area contributed by atoms with Gasteiger partial charge in [0, 0.05) is 78.2 Å². The maximum Gasteiger partial charge on any atom is 0.323 e. The van der Waals surface area contributed by atoms with E-state index in [1.165, 1.54) is 53.9 Å². The molecular formula is C104H80Cl8N10O21S. The van der Waals surface area contributed by atoms with Crippen LogP contribution in [0.1, 0.15) is 36.3 Å². The highest BCUT2D eigenvalue weighted by Gasteiger charge is 2.28. The Labute approximate surface area is 855 Å². The molecule has 2 aliphatic rings. The molecule has 31 nitrogen and oxygen atoms in total. The quantitative estimate of drug-likeness (QED) is 0.0310. The molecular weight excluding hydrogens is 2040 g/mol. The van der Waals surface area contributed by atoms with Gasteiger partial charge in [-0.05, 0) is 193 Å². The van der Waals surface area contributed by atoms with Gasteiger partial charge < -0.3 is 77.9 Å². The zero-order chi connectivity index (χ0) is 103. The zero-order valence-corrected chi connectivity index (χ0v) is 82.7. The highest BCUT2D eigenvalue weighted by atomic mass is 35.5. The third-order valence-electron chi connectivity index (χ3n) is 23.8. The van der Waals surface area contributed by atoms with Crippen molar-refractivity contribution >= 4 is 276 Å². The third kappa shape index (κ3) is 21.7. The fourth-order valence-corrected chi connectivity index (χ4v) is 19.9. The molecule has 6 aromatic heterocycles. The van der Waals surface area contributed by atoms with Crippen LogP contribution in [0.5, 0.6) is 11.5 Å². The molecule has 144 heavy (non-hydrogen) atoms. The predicted octanol–water partition coefficient (Wildman–Crippen LogP) is 21.5. The number of aromatic nitrogens is 7. The van der Waals surface area contributed by atoms with Crippen LogP contribution in [0, 0.1) is 0 Å². The molecule has 1 unspecified atom stereocenters. The van der Waals surface area contributed by atoms with Crippen LogP contribution in [-0.4, -0.2) is 144 Å². The standard InChI is InChI=1S/C22H17Cl2N3O5S.C21H20ClNO5.C21H18ClNO5.C21H14ClNO3.C19H11Cl3N4O3/c1-33(31,32)26-14-4-2-3-12(9-14)25-13-5-6-15-18(10-13)27(11-19(28)29)21-16(22(15)30)7-8-17(23)20(21)24;2*1-27-21-16(22)7-6-15-19(21)23(10-18(24)25)17-9-12(4-5-14(17)20(15)26)13-3-2-8-28-11-13;22-16-11-10-15-20(19(16)13-6-2-1-3-7-13)23(12-18(24)25)17-9-5-4-8-14(17)21(15)26;20-12-4-3-11-18(17(12)22)26(8-16(27)28)13-5-9(1-2-10(13)19(11)29)25-15-7-23-14(21)6-24-15/h2-10,25-26H,11H2,1H3,(H,28,29);4-7,9,13H,2-3,8,10-11H2,1H3,(H,24,25);3-7,9H,2,8,10-11H2,1H3,(H,24,25);1-11H,12H2,(H,24,25);1-7H,8H2,(H,24,25)(H,27,28). The Morgan fingerprint density at radius 3 is 1.31 bits per heavy atom. The van der Waals surface area contributed by atoms with Crippen LogP contribution in [0.3, 0.4) is 0 Å². The Bertz CT molecular complexity index is 8830. The van der Waals surface area contributed by atoms with E-state index < -0.39 is 53.0 Å². The second-order valence-electron chi connectivity index (χ2n) is 33.1. The van der Waals surface area contributed by atoms with Gasteiger partial charge in [-0.2, -0.15) is 0 Å². The second kappa shape index (κ2) is 43.7. The van der Waals surface area contributed by atoms with E-state index in [9.17, 15) is 81.9 Å². The Balaban J connectivity index is 0.000000129. The number of hydrogen-bond acceptors (Lipinski definition) is 20. The smallest absolute Gasteiger partial charge is 0.323 e. The van der Waals surface area contributed by atoms with Crippen LogP contribution in [0.2, 0.25) is 40.3 Å². The molecule has 0 aliphatic carbocycles. The summed E-state index contributed by atoms with van der Waals surface area (Å²) in [5.41, 5.74) is 9.65. The van der Waals surface area contributed by atoms with E-state index in [2.05, 4.69) is 31.4 Å². The number of nitrogens with zero attached hydrogens (tertiary/aromatic N) is 7. The van der Waals surface area contributed by atoms with Crippen molar-refractivity contribution in [3.63, 3.8) is 0 Å². The van der Waals surface area contributed by atoms with E-state index in [0.717, 1.165) is 54.4 Å². The summed E-state index contributed by atoms with van der Waals surface area (Å²) in [6.45, 7) is 0.793. The van der Waals surface area contributed by atoms with Crippen LogP contribution >= 0.6 is 92.8 Å². The Kier molecular flexibility index (Phi) is 31.0. The first-order chi connectivity index (χ1) is 69.0. The number of aliphatic carboxylic acids is 5. The number of anilines is 5. The summed E-state index contributed by atoms with van der Waals surface area (Å²) in [4.78, 5) is 131. The number of hydrogen-bond donors (Lipinski definition) is 8. The van der Waals surface area contributed by atoms with Crippen LogP contribution in [0.25, 0.3) is 126 Å². The first-order valence-corrected chi connectivity index (χ1v) is 48.8. The van der Waals surface area contributed by atoms with Gasteiger partial charge in [-0.15, -0.1) is 0 Å². The van der Waals surface area contributed by atoms with E-state index in [4.69, 9.17) is 112 Å². The lowest BCUT2D eigenvalue weighted by Crippen LogP contribution is -2.18. The highest BCUT2D eigenvalue weighted by molar-refractivity contribution is 7.92. The highest BCUT2D eigenvalue weighted by Crippen LogP contribution is 2.42. The fraction of sp³-hybridized carbons (Fsp3) is 0.154. The molecule has 18 aromatic rings. The normalized spacial score (nSPS) is 13.0. The van der Waals surface area contributed by atoms with Crippen molar-refractivity contribution < 1.29 is 76.9 Å². The fourth-order valence-electron chi connectivity index (χ4n) is 17.7. The first kappa shape index (κ1) is 102. The Hall–Kier alpha value is -14.7. The average Bonchev–Trinajstić information content (AvgIpc) is 0.737. The SMILES string of the molecule is COc1c(Cl)ccc2c(=O)c3ccc(C4=CCCOC4)cc3n(CC(=O)O)c12.COc1c(Cl)ccc2c(=O)c3ccc(C4CCCOC4)cc3n(CC(=O)O)c12.CS(=O)(=O)Nc1cccc(Nc2ccc3c(=O)c4ccc(Cl)c(Cl)c4n(CC(=O)O)c3c2)c1.O=C(O)Cn1c2cc(Nc3cnc(Cl)cn3)ccc2c(=O)c2ccc(Cl)c(Cl)c21.O=C(O)Cn1c2ccccc2c(=O)c2ccc(Cl)c(-c3ccccc3)c21. The van der Waals surface area contributed by atoms with Gasteiger partial charge in [0.2, 0.25) is 10.0 Å². The average molecular weight is 2120 g/mol. The summed E-state index contributed by atoms with van der Waals surface area (Å²) in [5, 5.41) is 59.4. The number of carboxylic acids is 5. The van der Waals surface area contributed by atoms with Gasteiger partial charge in [0.1, 0.15) is 43.7 Å². The minimum atomic E-state index is -3.44. The van der Waals surface area contributed by atoms with Crippen molar-refractivity contribution in [3.05, 3.63) is 333 Å². The molecule has 1 saturated heterocycles. The van der Waals surface area contributed by atoms with Gasteiger partial charge in [-0.1, -0.05) is 160 Å². The van der Waals surface area contributed by atoms with Crippen LogP contribution in [0.15, 0.2) is 255 Å². The van der Waals surface area contributed by atoms with Crippen LogP contribution in [0.4, 0.5) is 28.6 Å². The molecule has 12 aromatic carbocycles. The van der Waals surface area contributed by atoms with Crippen molar-refractivity contribution in [2.45, 2.75) is 57.9 Å². The van der Waals surface area contributed by atoms with Gasteiger partial charge in [0.15, 0.2) is 38.6 Å². The van der Waals surface area contributed by atoms with Gasteiger partial charge in [0.05, 0.1) is 159 Å². The summed E-state index contributed by atoms with van der Waals surface area (Å²) in [7, 11) is -0.541. The maximum atomic E-state index is 13.1. The molecule has 40 heteroatoms. The van der Waals surface area contributed by atoms with E-state index in [0.29, 0.717) is 162 Å². The predicted molar refractivity (Wildman–Crippen MR) is 565 cm³/mol. The molecule has 734 valence electrons. The lowest BCUT2D eigenvalue weighted by atomic mass is 9.92. The van der Waals surface area contributed by atoms with Crippen LogP contribution in [-0.2, 0) is 76.2 Å². The second-order valence-corrected chi connectivity index (χ2v) is 38.0. The van der Waals surface area contributed by atoms with Crippen molar-refractivity contribution in [2.24, 2.45) is 0 Å². The number of rotatable bonds is 21. The van der Waals surface area contributed by atoms with Gasteiger partial charge in [-0.25, -0.2) is 18.4 Å². The molecule has 1 fully saturated rings. The lowest BCUT2D eigenvalue weighted by molar-refractivity contribution is -0.138.